The van der Waals surface area contributed by atoms with Crippen LogP contribution in [0.15, 0.2) is 41.5 Å². The number of amides is 2. The zero-order chi connectivity index (χ0) is 20.9. The van der Waals surface area contributed by atoms with Gasteiger partial charge in [-0.2, -0.15) is 5.10 Å². The number of fused-ring (bicyclic) bond motifs is 1. The highest BCUT2D eigenvalue weighted by atomic mass is 16.3. The van der Waals surface area contributed by atoms with E-state index in [0.29, 0.717) is 31.5 Å². The quantitative estimate of drug-likeness (QED) is 0.597. The third-order valence-electron chi connectivity index (χ3n) is 6.45. The lowest BCUT2D eigenvalue weighted by Gasteiger charge is -2.34. The van der Waals surface area contributed by atoms with Gasteiger partial charge in [0, 0.05) is 30.5 Å². The highest BCUT2D eigenvalue weighted by Gasteiger charge is 2.31. The summed E-state index contributed by atoms with van der Waals surface area (Å²) >= 11 is 0. The van der Waals surface area contributed by atoms with Crippen molar-refractivity contribution >= 4 is 28.8 Å². The van der Waals surface area contributed by atoms with Crippen molar-refractivity contribution in [1.29, 1.82) is 0 Å². The summed E-state index contributed by atoms with van der Waals surface area (Å²) in [7, 11) is 0. The minimum absolute atomic E-state index is 0.126. The van der Waals surface area contributed by atoms with E-state index in [1.54, 1.807) is 6.07 Å². The molecule has 0 unspecified atom stereocenters. The number of phenols is 1. The normalized spacial score (nSPS) is 18.7. The number of rotatable bonds is 4. The summed E-state index contributed by atoms with van der Waals surface area (Å²) in [6, 6.07) is 11.2. The Kier molecular flexibility index (Phi) is 6.31. The number of carbonyl (C=O) groups is 2. The standard InChI is InChI=1S/C24H29N3O3/c28-22-11-10-17-6-4-5-9-20(17)21(22)16-25-26-23(29)18-12-14-27(15-13-18)24(30)19-7-2-1-3-8-19/h4-6,9-11,16,18-19,28H,1-3,7-8,12-15H2,(H,26,29). The summed E-state index contributed by atoms with van der Waals surface area (Å²) in [4.78, 5) is 27.1. The van der Waals surface area contributed by atoms with Crippen LogP contribution in [-0.2, 0) is 9.59 Å². The van der Waals surface area contributed by atoms with Gasteiger partial charge in [-0.3, -0.25) is 9.59 Å². The number of hydrogen-bond acceptors (Lipinski definition) is 4. The zero-order valence-electron chi connectivity index (χ0n) is 17.2. The third-order valence-corrected chi connectivity index (χ3v) is 6.45. The summed E-state index contributed by atoms with van der Waals surface area (Å²) < 4.78 is 0. The molecule has 2 fully saturated rings. The number of benzene rings is 2. The Morgan fingerprint density at radius 3 is 2.47 bits per heavy atom. The molecular formula is C24H29N3O3. The van der Waals surface area contributed by atoms with E-state index in [2.05, 4.69) is 10.5 Å². The maximum atomic E-state index is 12.7. The Morgan fingerprint density at radius 1 is 0.967 bits per heavy atom. The second-order valence-corrected chi connectivity index (χ2v) is 8.39. The zero-order valence-corrected chi connectivity index (χ0v) is 17.2. The molecule has 6 heteroatoms. The molecule has 30 heavy (non-hydrogen) atoms. The molecule has 158 valence electrons. The van der Waals surface area contributed by atoms with Crippen molar-refractivity contribution in [1.82, 2.24) is 10.3 Å². The lowest BCUT2D eigenvalue weighted by Crippen LogP contribution is -2.44. The number of carbonyl (C=O) groups excluding carboxylic acids is 2. The van der Waals surface area contributed by atoms with Crippen molar-refractivity contribution in [2.24, 2.45) is 16.9 Å². The van der Waals surface area contributed by atoms with Crippen LogP contribution in [0.25, 0.3) is 10.8 Å². The van der Waals surface area contributed by atoms with Crippen LogP contribution >= 0.6 is 0 Å². The summed E-state index contributed by atoms with van der Waals surface area (Å²) in [6.07, 6.45) is 8.39. The monoisotopic (exact) mass is 407 g/mol. The lowest BCUT2D eigenvalue weighted by molar-refractivity contribution is -0.140. The van der Waals surface area contributed by atoms with Crippen molar-refractivity contribution in [3.63, 3.8) is 0 Å². The summed E-state index contributed by atoms with van der Waals surface area (Å²) in [5, 5.41) is 16.1. The first-order valence-corrected chi connectivity index (χ1v) is 11.0. The molecule has 0 radical (unpaired) electrons. The molecule has 0 atom stereocenters. The predicted molar refractivity (Wildman–Crippen MR) is 117 cm³/mol. The average Bonchev–Trinajstić information content (AvgIpc) is 2.80. The summed E-state index contributed by atoms with van der Waals surface area (Å²) in [5.41, 5.74) is 3.20. The smallest absolute Gasteiger partial charge is 0.243 e. The first-order valence-electron chi connectivity index (χ1n) is 11.0. The van der Waals surface area contributed by atoms with Gasteiger partial charge >= 0.3 is 0 Å². The van der Waals surface area contributed by atoms with Crippen LogP contribution in [-0.4, -0.2) is 41.1 Å². The van der Waals surface area contributed by atoms with E-state index < -0.39 is 0 Å². The molecule has 0 spiro atoms. The first-order chi connectivity index (χ1) is 14.6. The van der Waals surface area contributed by atoms with Crippen LogP contribution in [0, 0.1) is 11.8 Å². The second-order valence-electron chi connectivity index (χ2n) is 8.39. The number of nitrogens with zero attached hydrogens (tertiary/aromatic N) is 2. The average molecular weight is 408 g/mol. The van der Waals surface area contributed by atoms with E-state index in [9.17, 15) is 14.7 Å². The molecule has 2 N–H and O–H groups in total. The Balaban J connectivity index is 1.31. The van der Waals surface area contributed by atoms with Gasteiger partial charge in [-0.25, -0.2) is 5.43 Å². The van der Waals surface area contributed by atoms with Gasteiger partial charge < -0.3 is 10.0 Å². The molecule has 2 amide bonds. The predicted octanol–water partition coefficient (Wildman–Crippen LogP) is 3.81. The van der Waals surface area contributed by atoms with Gasteiger partial charge in [0.25, 0.3) is 0 Å². The van der Waals surface area contributed by atoms with Crippen molar-refractivity contribution in [2.45, 2.75) is 44.9 Å². The topological polar surface area (TPSA) is 82.0 Å². The molecule has 1 aliphatic carbocycles. The minimum atomic E-state index is -0.140. The number of hydrazone groups is 1. The summed E-state index contributed by atoms with van der Waals surface area (Å²) in [6.45, 7) is 1.28. The third kappa shape index (κ3) is 4.48. The van der Waals surface area contributed by atoms with Crippen LogP contribution in [0.3, 0.4) is 0 Å². The van der Waals surface area contributed by atoms with Gasteiger partial charge in [-0.05, 0) is 42.5 Å². The molecule has 6 nitrogen and oxygen atoms in total. The number of hydrogen-bond donors (Lipinski definition) is 2. The number of piperidine rings is 1. The molecule has 1 saturated heterocycles. The van der Waals surface area contributed by atoms with E-state index >= 15 is 0 Å². The Hall–Kier alpha value is -2.89. The maximum absolute atomic E-state index is 12.7. The molecule has 4 rings (SSSR count). The van der Waals surface area contributed by atoms with E-state index in [1.165, 1.54) is 12.6 Å². The maximum Gasteiger partial charge on any atom is 0.243 e. The van der Waals surface area contributed by atoms with Crippen molar-refractivity contribution < 1.29 is 14.7 Å². The van der Waals surface area contributed by atoms with Crippen molar-refractivity contribution in [3.8, 4) is 5.75 Å². The number of likely N-dealkylation sites (tertiary alicyclic amines) is 1. The molecule has 1 heterocycles. The van der Waals surface area contributed by atoms with E-state index in [0.717, 1.165) is 36.5 Å². The molecule has 0 aromatic heterocycles. The highest BCUT2D eigenvalue weighted by molar-refractivity contribution is 6.02. The number of nitrogens with one attached hydrogen (secondary N) is 1. The van der Waals surface area contributed by atoms with E-state index in [1.807, 2.05) is 35.2 Å². The SMILES string of the molecule is O=C(NN=Cc1c(O)ccc2ccccc12)C1CCN(C(=O)C2CCCCC2)CC1. The van der Waals surface area contributed by atoms with Crippen LogP contribution in [0.4, 0.5) is 0 Å². The molecule has 2 aliphatic rings. The number of aromatic hydroxyl groups is 1. The van der Waals surface area contributed by atoms with Gasteiger partial charge in [-0.1, -0.05) is 49.6 Å². The molecule has 1 saturated carbocycles. The van der Waals surface area contributed by atoms with Crippen LogP contribution in [0.5, 0.6) is 5.75 Å². The Bertz CT molecular complexity index is 942. The number of phenolic OH excluding ortho intramolecular Hbond substituents is 1. The van der Waals surface area contributed by atoms with Gasteiger partial charge in [-0.15, -0.1) is 0 Å². The van der Waals surface area contributed by atoms with Crippen LogP contribution in [0.2, 0.25) is 0 Å². The Labute approximate surface area is 177 Å². The first kappa shape index (κ1) is 20.4. The fraction of sp³-hybridized carbons (Fsp3) is 0.458. The molecule has 1 aliphatic heterocycles. The fourth-order valence-corrected chi connectivity index (χ4v) is 4.64. The molecule has 2 aromatic rings. The van der Waals surface area contributed by atoms with Crippen molar-refractivity contribution in [3.05, 3.63) is 42.0 Å². The molecule has 0 bridgehead atoms. The van der Waals surface area contributed by atoms with E-state index in [4.69, 9.17) is 0 Å². The van der Waals surface area contributed by atoms with Crippen LogP contribution < -0.4 is 5.43 Å². The largest absolute Gasteiger partial charge is 0.507 e. The second kappa shape index (κ2) is 9.28. The van der Waals surface area contributed by atoms with Gasteiger partial charge in [0.2, 0.25) is 11.8 Å². The lowest BCUT2D eigenvalue weighted by atomic mass is 9.87. The van der Waals surface area contributed by atoms with Crippen molar-refractivity contribution in [2.75, 3.05) is 13.1 Å². The van der Waals surface area contributed by atoms with Gasteiger partial charge in [0.05, 0.1) is 6.21 Å². The summed E-state index contributed by atoms with van der Waals surface area (Å²) in [5.74, 6) is 0.316. The molecular weight excluding hydrogens is 378 g/mol. The van der Waals surface area contributed by atoms with Gasteiger partial charge in [0.1, 0.15) is 5.75 Å². The van der Waals surface area contributed by atoms with E-state index in [-0.39, 0.29) is 29.4 Å². The Morgan fingerprint density at radius 2 is 1.70 bits per heavy atom. The highest BCUT2D eigenvalue weighted by Crippen LogP contribution is 2.28. The fourth-order valence-electron chi connectivity index (χ4n) is 4.64. The minimum Gasteiger partial charge on any atom is -0.507 e. The van der Waals surface area contributed by atoms with Crippen LogP contribution in [0.1, 0.15) is 50.5 Å². The van der Waals surface area contributed by atoms with Gasteiger partial charge in [0.15, 0.2) is 0 Å². The molecule has 2 aromatic carbocycles.